The number of hydrogen-bond donors (Lipinski definition) is 1. The van der Waals surface area contributed by atoms with Gasteiger partial charge in [0.15, 0.2) is 17.6 Å². The van der Waals surface area contributed by atoms with Gasteiger partial charge in [0.05, 0.1) is 18.1 Å². The van der Waals surface area contributed by atoms with Crippen LogP contribution >= 0.6 is 0 Å². The number of nitro benzene ring substituents is 1. The second kappa shape index (κ2) is 5.15. The van der Waals surface area contributed by atoms with E-state index in [9.17, 15) is 14.9 Å². The Morgan fingerprint density at radius 3 is 2.59 bits per heavy atom. The minimum atomic E-state index is -1.13. The van der Waals surface area contributed by atoms with Crippen molar-refractivity contribution >= 4 is 11.7 Å². The molecule has 1 aromatic rings. The first kappa shape index (κ1) is 12.8. The van der Waals surface area contributed by atoms with Crippen LogP contribution in [0, 0.1) is 10.1 Å². The maximum absolute atomic E-state index is 10.6. The number of benzene rings is 1. The van der Waals surface area contributed by atoms with Crippen LogP contribution in [-0.4, -0.2) is 29.2 Å². The summed E-state index contributed by atoms with van der Waals surface area (Å²) in [6.07, 6.45) is -1.06. The molecule has 0 saturated heterocycles. The third kappa shape index (κ3) is 3.07. The second-order valence-electron chi connectivity index (χ2n) is 3.19. The van der Waals surface area contributed by atoms with E-state index in [-0.39, 0.29) is 17.2 Å². The van der Waals surface area contributed by atoms with Crippen LogP contribution in [0.1, 0.15) is 6.92 Å². The number of nitro groups is 1. The Morgan fingerprint density at radius 2 is 2.12 bits per heavy atom. The minimum Gasteiger partial charge on any atom is -0.493 e. The van der Waals surface area contributed by atoms with Crippen molar-refractivity contribution in [2.75, 3.05) is 7.11 Å². The van der Waals surface area contributed by atoms with Crippen molar-refractivity contribution < 1.29 is 24.3 Å². The number of hydrogen-bond acceptors (Lipinski definition) is 5. The van der Waals surface area contributed by atoms with Crippen LogP contribution in [0.3, 0.4) is 0 Å². The Labute approximate surface area is 96.7 Å². The number of non-ortho nitro benzene ring substituents is 1. The van der Waals surface area contributed by atoms with Gasteiger partial charge in [-0.2, -0.15) is 0 Å². The van der Waals surface area contributed by atoms with Gasteiger partial charge >= 0.3 is 5.97 Å². The number of carbonyl (C=O) groups is 1. The van der Waals surface area contributed by atoms with Gasteiger partial charge in [0, 0.05) is 6.07 Å². The highest BCUT2D eigenvalue weighted by Gasteiger charge is 2.17. The average Bonchev–Trinajstić information content (AvgIpc) is 2.28. The van der Waals surface area contributed by atoms with Gasteiger partial charge in [-0.3, -0.25) is 10.1 Å². The van der Waals surface area contributed by atoms with E-state index in [1.54, 1.807) is 0 Å². The van der Waals surface area contributed by atoms with Crippen LogP contribution in [0.5, 0.6) is 11.5 Å². The summed E-state index contributed by atoms with van der Waals surface area (Å²) >= 11 is 0. The molecule has 0 unspecified atom stereocenters. The van der Waals surface area contributed by atoms with Gasteiger partial charge in [0.1, 0.15) is 0 Å². The topological polar surface area (TPSA) is 98.9 Å². The van der Waals surface area contributed by atoms with Gasteiger partial charge in [-0.25, -0.2) is 4.79 Å². The molecule has 0 bridgehead atoms. The standard InChI is InChI=1S/C10H11NO6/c1-6(10(12)13)17-8-4-3-7(11(14)15)5-9(8)16-2/h3-6H,1-2H3,(H,12,13)/t6-/m1/s1. The predicted octanol–water partition coefficient (Wildman–Crippen LogP) is 1.46. The smallest absolute Gasteiger partial charge is 0.344 e. The molecule has 17 heavy (non-hydrogen) atoms. The second-order valence-corrected chi connectivity index (χ2v) is 3.19. The SMILES string of the molecule is COc1cc([N+](=O)[O-])ccc1O[C@H](C)C(=O)O. The molecule has 1 aromatic carbocycles. The van der Waals surface area contributed by atoms with Gasteiger partial charge in [-0.15, -0.1) is 0 Å². The zero-order valence-electron chi connectivity index (χ0n) is 9.25. The number of methoxy groups -OCH3 is 1. The van der Waals surface area contributed by atoms with Crippen LogP contribution < -0.4 is 9.47 Å². The summed E-state index contributed by atoms with van der Waals surface area (Å²) < 4.78 is 9.98. The third-order valence-electron chi connectivity index (χ3n) is 2.01. The Bertz CT molecular complexity index is 444. The number of nitrogens with zero attached hydrogens (tertiary/aromatic N) is 1. The average molecular weight is 241 g/mol. The number of carboxylic acids is 1. The summed E-state index contributed by atoms with van der Waals surface area (Å²) in [5.74, 6) is -0.870. The fraction of sp³-hybridized carbons (Fsp3) is 0.300. The quantitative estimate of drug-likeness (QED) is 0.618. The lowest BCUT2D eigenvalue weighted by Gasteiger charge is -2.13. The highest BCUT2D eigenvalue weighted by atomic mass is 16.6. The molecule has 1 rings (SSSR count). The first-order valence-corrected chi connectivity index (χ1v) is 4.67. The Kier molecular flexibility index (Phi) is 3.86. The lowest BCUT2D eigenvalue weighted by atomic mass is 10.2. The van der Waals surface area contributed by atoms with Gasteiger partial charge in [0.2, 0.25) is 0 Å². The molecule has 0 aromatic heterocycles. The molecular weight excluding hydrogens is 230 g/mol. The molecule has 92 valence electrons. The molecule has 0 fully saturated rings. The van der Waals surface area contributed by atoms with Gasteiger partial charge in [-0.05, 0) is 13.0 Å². The maximum atomic E-state index is 10.6. The summed E-state index contributed by atoms with van der Waals surface area (Å²) in [6, 6.07) is 3.69. The van der Waals surface area contributed by atoms with E-state index in [2.05, 4.69) is 0 Å². The van der Waals surface area contributed by atoms with E-state index in [1.165, 1.54) is 32.2 Å². The van der Waals surface area contributed by atoms with Crippen molar-refractivity contribution in [1.82, 2.24) is 0 Å². The Hall–Kier alpha value is -2.31. The first-order valence-electron chi connectivity index (χ1n) is 4.67. The fourth-order valence-electron chi connectivity index (χ4n) is 1.11. The predicted molar refractivity (Wildman–Crippen MR) is 57.4 cm³/mol. The van der Waals surface area contributed by atoms with Crippen molar-refractivity contribution in [3.05, 3.63) is 28.3 Å². The molecular formula is C10H11NO6. The normalized spacial score (nSPS) is 11.6. The molecule has 0 aliphatic carbocycles. The minimum absolute atomic E-state index is 0.118. The summed E-state index contributed by atoms with van der Waals surface area (Å²) in [7, 11) is 1.32. The van der Waals surface area contributed by atoms with Crippen LogP contribution in [0.25, 0.3) is 0 Å². The lowest BCUT2D eigenvalue weighted by molar-refractivity contribution is -0.385. The third-order valence-corrected chi connectivity index (χ3v) is 2.01. The largest absolute Gasteiger partial charge is 0.493 e. The molecule has 0 spiro atoms. The van der Waals surface area contributed by atoms with Gasteiger partial charge in [0.25, 0.3) is 5.69 Å². The highest BCUT2D eigenvalue weighted by molar-refractivity contribution is 5.72. The molecule has 0 amide bonds. The lowest BCUT2D eigenvalue weighted by Crippen LogP contribution is -2.23. The fourth-order valence-corrected chi connectivity index (χ4v) is 1.11. The Balaban J connectivity index is 3.00. The van der Waals surface area contributed by atoms with Crippen LogP contribution in [-0.2, 0) is 4.79 Å². The van der Waals surface area contributed by atoms with E-state index in [1.807, 2.05) is 0 Å². The molecule has 7 heteroatoms. The molecule has 0 saturated carbocycles. The van der Waals surface area contributed by atoms with E-state index >= 15 is 0 Å². The molecule has 1 N–H and O–H groups in total. The summed E-state index contributed by atoms with van der Waals surface area (Å²) in [6.45, 7) is 1.35. The van der Waals surface area contributed by atoms with E-state index < -0.39 is 17.0 Å². The van der Waals surface area contributed by atoms with Crippen molar-refractivity contribution in [1.29, 1.82) is 0 Å². The van der Waals surface area contributed by atoms with Crippen molar-refractivity contribution in [3.8, 4) is 11.5 Å². The molecule has 1 atom stereocenters. The van der Waals surface area contributed by atoms with E-state index in [0.717, 1.165) is 0 Å². The van der Waals surface area contributed by atoms with Crippen molar-refractivity contribution in [2.45, 2.75) is 13.0 Å². The number of rotatable bonds is 5. The van der Waals surface area contributed by atoms with Gasteiger partial charge in [-0.1, -0.05) is 0 Å². The number of carboxylic acid groups (broad SMARTS) is 1. The molecule has 0 aliphatic rings. The van der Waals surface area contributed by atoms with E-state index in [0.29, 0.717) is 0 Å². The monoisotopic (exact) mass is 241 g/mol. The zero-order chi connectivity index (χ0) is 13.0. The molecule has 7 nitrogen and oxygen atoms in total. The van der Waals surface area contributed by atoms with Crippen LogP contribution in [0.15, 0.2) is 18.2 Å². The molecule has 0 aliphatic heterocycles. The van der Waals surface area contributed by atoms with Gasteiger partial charge < -0.3 is 14.6 Å². The number of aliphatic carboxylic acids is 1. The Morgan fingerprint density at radius 1 is 1.47 bits per heavy atom. The number of ether oxygens (including phenoxy) is 2. The maximum Gasteiger partial charge on any atom is 0.344 e. The summed E-state index contributed by atoms with van der Waals surface area (Å²) in [5.41, 5.74) is -0.155. The van der Waals surface area contributed by atoms with Crippen molar-refractivity contribution in [3.63, 3.8) is 0 Å². The molecule has 0 radical (unpaired) electrons. The van der Waals surface area contributed by atoms with Crippen molar-refractivity contribution in [2.24, 2.45) is 0 Å². The first-order chi connectivity index (χ1) is 7.95. The summed E-state index contributed by atoms with van der Waals surface area (Å²) in [5, 5.41) is 19.2. The highest BCUT2D eigenvalue weighted by Crippen LogP contribution is 2.31. The van der Waals surface area contributed by atoms with Crippen LogP contribution in [0.4, 0.5) is 5.69 Å². The zero-order valence-corrected chi connectivity index (χ0v) is 9.25. The van der Waals surface area contributed by atoms with Crippen LogP contribution in [0.2, 0.25) is 0 Å². The summed E-state index contributed by atoms with van der Waals surface area (Å²) in [4.78, 5) is 20.6. The molecule has 0 heterocycles. The van der Waals surface area contributed by atoms with E-state index in [4.69, 9.17) is 14.6 Å².